The molecule has 1 aromatic carbocycles. The Hall–Kier alpha value is -1.26. The second-order valence-electron chi connectivity index (χ2n) is 2.63. The van der Waals surface area contributed by atoms with Crippen LogP contribution in [-0.2, 0) is 4.79 Å². The van der Waals surface area contributed by atoms with Gasteiger partial charge in [0.2, 0.25) is 0 Å². The molecule has 0 aliphatic rings. The molecule has 5 heteroatoms. The van der Waals surface area contributed by atoms with Crippen LogP contribution in [0.3, 0.4) is 0 Å². The molecule has 0 unspecified atom stereocenters. The number of aliphatic hydroxyl groups is 1. The number of aliphatic hydroxyl groups excluding tert-OH is 1. The Morgan fingerprint density at radius 2 is 2.21 bits per heavy atom. The first-order chi connectivity index (χ1) is 6.56. The standard InChI is InChI=1S/C9H9ClO4/c1-14-7-4-5(2-3-6(7)10)8(11)9(12)13/h2-4,8,11H,1H3,(H,12,13)/t8-/m1/s1. The molecule has 0 bridgehead atoms. The van der Waals surface area contributed by atoms with Crippen LogP contribution in [0.15, 0.2) is 18.2 Å². The first kappa shape index (κ1) is 10.8. The van der Waals surface area contributed by atoms with Crippen LogP contribution in [0.25, 0.3) is 0 Å². The van der Waals surface area contributed by atoms with Gasteiger partial charge in [-0.2, -0.15) is 0 Å². The van der Waals surface area contributed by atoms with Crippen molar-refractivity contribution >= 4 is 17.6 Å². The molecule has 0 saturated carbocycles. The van der Waals surface area contributed by atoms with Crippen molar-refractivity contribution in [2.45, 2.75) is 6.10 Å². The molecule has 0 aliphatic carbocycles. The highest BCUT2D eigenvalue weighted by Crippen LogP contribution is 2.27. The summed E-state index contributed by atoms with van der Waals surface area (Å²) in [4.78, 5) is 10.5. The quantitative estimate of drug-likeness (QED) is 0.803. The van der Waals surface area contributed by atoms with Gasteiger partial charge in [0.15, 0.2) is 6.10 Å². The number of aliphatic carboxylic acids is 1. The normalized spacial score (nSPS) is 12.2. The Balaban J connectivity index is 3.06. The van der Waals surface area contributed by atoms with Crippen molar-refractivity contribution in [1.29, 1.82) is 0 Å². The van der Waals surface area contributed by atoms with E-state index < -0.39 is 12.1 Å². The van der Waals surface area contributed by atoms with Gasteiger partial charge in [-0.15, -0.1) is 0 Å². The van der Waals surface area contributed by atoms with E-state index in [0.29, 0.717) is 10.8 Å². The molecule has 1 atom stereocenters. The summed E-state index contributed by atoms with van der Waals surface area (Å²) in [6.45, 7) is 0. The fraction of sp³-hybridized carbons (Fsp3) is 0.222. The van der Waals surface area contributed by atoms with Crippen molar-refractivity contribution in [3.63, 3.8) is 0 Å². The molecule has 2 N–H and O–H groups in total. The summed E-state index contributed by atoms with van der Waals surface area (Å²) in [5.41, 5.74) is 0.235. The van der Waals surface area contributed by atoms with Gasteiger partial charge < -0.3 is 14.9 Å². The van der Waals surface area contributed by atoms with Gasteiger partial charge in [0.25, 0.3) is 0 Å². The van der Waals surface area contributed by atoms with Gasteiger partial charge in [0, 0.05) is 0 Å². The van der Waals surface area contributed by atoms with Crippen molar-refractivity contribution in [2.75, 3.05) is 7.11 Å². The zero-order chi connectivity index (χ0) is 10.7. The summed E-state index contributed by atoms with van der Waals surface area (Å²) in [7, 11) is 1.41. The van der Waals surface area contributed by atoms with Crippen molar-refractivity contribution in [2.24, 2.45) is 0 Å². The Morgan fingerprint density at radius 1 is 1.57 bits per heavy atom. The largest absolute Gasteiger partial charge is 0.495 e. The SMILES string of the molecule is COc1cc([C@@H](O)C(=O)O)ccc1Cl. The number of hydrogen-bond acceptors (Lipinski definition) is 3. The van der Waals surface area contributed by atoms with E-state index in [4.69, 9.17) is 21.4 Å². The van der Waals surface area contributed by atoms with Crippen LogP contribution in [0, 0.1) is 0 Å². The summed E-state index contributed by atoms with van der Waals surface area (Å²) in [6, 6.07) is 4.30. The number of rotatable bonds is 3. The Morgan fingerprint density at radius 3 is 2.71 bits per heavy atom. The zero-order valence-electron chi connectivity index (χ0n) is 7.40. The highest BCUT2D eigenvalue weighted by Gasteiger charge is 2.17. The van der Waals surface area contributed by atoms with Crippen molar-refractivity contribution in [3.8, 4) is 5.75 Å². The number of benzene rings is 1. The number of carboxylic acids is 1. The second kappa shape index (κ2) is 4.30. The molecular formula is C9H9ClO4. The molecule has 0 amide bonds. The lowest BCUT2D eigenvalue weighted by molar-refractivity contribution is -0.146. The molecule has 0 fully saturated rings. The van der Waals surface area contributed by atoms with Gasteiger partial charge in [0.05, 0.1) is 12.1 Å². The molecule has 14 heavy (non-hydrogen) atoms. The van der Waals surface area contributed by atoms with E-state index in [1.807, 2.05) is 0 Å². The fourth-order valence-electron chi connectivity index (χ4n) is 0.989. The van der Waals surface area contributed by atoms with Gasteiger partial charge in [0.1, 0.15) is 5.75 Å². The minimum absolute atomic E-state index is 0.235. The van der Waals surface area contributed by atoms with Crippen LogP contribution in [0.5, 0.6) is 5.75 Å². The van der Waals surface area contributed by atoms with Gasteiger partial charge in [-0.1, -0.05) is 17.7 Å². The first-order valence-corrected chi connectivity index (χ1v) is 4.18. The Labute approximate surface area is 85.7 Å². The fourth-order valence-corrected chi connectivity index (χ4v) is 1.18. The molecule has 0 aromatic heterocycles. The highest BCUT2D eigenvalue weighted by atomic mass is 35.5. The molecule has 0 aliphatic heterocycles. The average Bonchev–Trinajstić information content (AvgIpc) is 2.17. The molecule has 0 saturated heterocycles. The minimum Gasteiger partial charge on any atom is -0.495 e. The molecule has 1 aromatic rings. The lowest BCUT2D eigenvalue weighted by atomic mass is 10.1. The lowest BCUT2D eigenvalue weighted by Gasteiger charge is -2.08. The monoisotopic (exact) mass is 216 g/mol. The van der Waals surface area contributed by atoms with Crippen LogP contribution >= 0.6 is 11.6 Å². The van der Waals surface area contributed by atoms with Gasteiger partial charge in [-0.05, 0) is 17.7 Å². The molecule has 0 heterocycles. The topological polar surface area (TPSA) is 66.8 Å². The van der Waals surface area contributed by atoms with Crippen molar-refractivity contribution in [3.05, 3.63) is 28.8 Å². The van der Waals surface area contributed by atoms with E-state index in [-0.39, 0.29) is 5.56 Å². The number of carboxylic acid groups (broad SMARTS) is 1. The maximum absolute atomic E-state index is 10.5. The van der Waals surface area contributed by atoms with E-state index in [2.05, 4.69) is 0 Å². The first-order valence-electron chi connectivity index (χ1n) is 3.80. The molecule has 1 rings (SSSR count). The van der Waals surface area contributed by atoms with Crippen molar-refractivity contribution < 1.29 is 19.7 Å². The minimum atomic E-state index is -1.55. The Kier molecular flexibility index (Phi) is 3.33. The summed E-state index contributed by atoms with van der Waals surface area (Å²) in [5.74, 6) is -0.973. The predicted molar refractivity (Wildman–Crippen MR) is 50.6 cm³/mol. The summed E-state index contributed by atoms with van der Waals surface area (Å²) in [6.07, 6.45) is -1.55. The molecular weight excluding hydrogens is 208 g/mol. The smallest absolute Gasteiger partial charge is 0.337 e. The van der Waals surface area contributed by atoms with Crippen molar-refractivity contribution in [1.82, 2.24) is 0 Å². The Bertz CT molecular complexity index is 351. The maximum Gasteiger partial charge on any atom is 0.337 e. The van der Waals surface area contributed by atoms with E-state index in [9.17, 15) is 9.90 Å². The van der Waals surface area contributed by atoms with E-state index in [0.717, 1.165) is 0 Å². The summed E-state index contributed by atoms with van der Waals surface area (Å²) in [5, 5.41) is 18.1. The summed E-state index contributed by atoms with van der Waals surface area (Å²) >= 11 is 5.73. The number of methoxy groups -OCH3 is 1. The van der Waals surface area contributed by atoms with Gasteiger partial charge in [-0.25, -0.2) is 4.79 Å². The van der Waals surface area contributed by atoms with Gasteiger partial charge in [-0.3, -0.25) is 0 Å². The van der Waals surface area contributed by atoms with E-state index in [1.54, 1.807) is 0 Å². The molecule has 76 valence electrons. The number of hydrogen-bond donors (Lipinski definition) is 2. The lowest BCUT2D eigenvalue weighted by Crippen LogP contribution is -2.10. The van der Waals surface area contributed by atoms with E-state index >= 15 is 0 Å². The number of carbonyl (C=O) groups is 1. The van der Waals surface area contributed by atoms with Crippen LogP contribution in [0.1, 0.15) is 11.7 Å². The predicted octanol–water partition coefficient (Wildman–Crippen LogP) is 1.47. The van der Waals surface area contributed by atoms with Crippen LogP contribution < -0.4 is 4.74 Å². The third-order valence-electron chi connectivity index (χ3n) is 1.72. The number of halogens is 1. The molecule has 0 spiro atoms. The molecule has 0 radical (unpaired) electrons. The third-order valence-corrected chi connectivity index (χ3v) is 2.04. The van der Waals surface area contributed by atoms with Crippen LogP contribution in [0.2, 0.25) is 5.02 Å². The second-order valence-corrected chi connectivity index (χ2v) is 3.04. The molecule has 4 nitrogen and oxygen atoms in total. The van der Waals surface area contributed by atoms with Gasteiger partial charge >= 0.3 is 5.97 Å². The maximum atomic E-state index is 10.5. The van der Waals surface area contributed by atoms with Crippen LogP contribution in [0.4, 0.5) is 0 Å². The number of ether oxygens (including phenoxy) is 1. The zero-order valence-corrected chi connectivity index (χ0v) is 8.15. The highest BCUT2D eigenvalue weighted by molar-refractivity contribution is 6.32. The average molecular weight is 217 g/mol. The van der Waals surface area contributed by atoms with E-state index in [1.165, 1.54) is 25.3 Å². The van der Waals surface area contributed by atoms with Crippen LogP contribution in [-0.4, -0.2) is 23.3 Å². The third kappa shape index (κ3) is 2.16. The summed E-state index contributed by atoms with van der Waals surface area (Å²) < 4.78 is 4.88.